The number of likely N-dealkylation sites (tertiary alicyclic amines) is 1. The lowest BCUT2D eigenvalue weighted by molar-refractivity contribution is -0.139. The number of carbonyl (C=O) groups excluding carboxylic acids is 3. The quantitative estimate of drug-likeness (QED) is 0.833. The molecule has 0 spiro atoms. The van der Waals surface area contributed by atoms with Crippen molar-refractivity contribution in [3.05, 3.63) is 28.8 Å². The van der Waals surface area contributed by atoms with E-state index in [1.165, 1.54) is 4.90 Å². The van der Waals surface area contributed by atoms with E-state index in [0.29, 0.717) is 6.54 Å². The van der Waals surface area contributed by atoms with Crippen LogP contribution in [0.15, 0.2) is 12.1 Å². The average molecular weight is 331 g/mol. The first-order valence-electron chi connectivity index (χ1n) is 8.16. The van der Waals surface area contributed by atoms with Crippen molar-refractivity contribution in [1.29, 1.82) is 0 Å². The van der Waals surface area contributed by atoms with E-state index in [0.717, 1.165) is 22.4 Å². The van der Waals surface area contributed by atoms with Gasteiger partial charge >= 0.3 is 0 Å². The first-order chi connectivity index (χ1) is 11.2. The minimum absolute atomic E-state index is 0.0635. The van der Waals surface area contributed by atoms with Crippen LogP contribution in [0.3, 0.4) is 0 Å². The van der Waals surface area contributed by atoms with Gasteiger partial charge in [-0.2, -0.15) is 0 Å². The Morgan fingerprint density at radius 3 is 2.33 bits per heavy atom. The van der Waals surface area contributed by atoms with Crippen LogP contribution in [-0.4, -0.2) is 53.7 Å². The van der Waals surface area contributed by atoms with E-state index in [2.05, 4.69) is 5.32 Å². The van der Waals surface area contributed by atoms with Gasteiger partial charge in [-0.05, 0) is 45.9 Å². The van der Waals surface area contributed by atoms with Gasteiger partial charge in [-0.25, -0.2) is 0 Å². The summed E-state index contributed by atoms with van der Waals surface area (Å²) >= 11 is 0. The van der Waals surface area contributed by atoms with Gasteiger partial charge in [0.2, 0.25) is 17.7 Å². The molecule has 24 heavy (non-hydrogen) atoms. The smallest absolute Gasteiger partial charge is 0.247 e. The van der Waals surface area contributed by atoms with Crippen molar-refractivity contribution < 1.29 is 14.4 Å². The minimum atomic E-state index is -0.552. The number of hydrogen-bond donors (Lipinski definition) is 1. The maximum absolute atomic E-state index is 12.3. The fourth-order valence-electron chi connectivity index (χ4n) is 3.24. The second-order valence-corrected chi connectivity index (χ2v) is 6.43. The van der Waals surface area contributed by atoms with Crippen LogP contribution in [0.2, 0.25) is 0 Å². The SMILES string of the molecule is CCN1C(=O)C[C@H](N(C)CC(=O)Nc2c(C)cc(C)cc2C)C1=O. The molecule has 0 unspecified atom stereocenters. The normalized spacial score (nSPS) is 17.8. The zero-order valence-corrected chi connectivity index (χ0v) is 15.0. The lowest BCUT2D eigenvalue weighted by Gasteiger charge is -2.22. The number of amides is 3. The summed E-state index contributed by atoms with van der Waals surface area (Å²) in [4.78, 5) is 39.2. The molecule has 3 amide bonds. The van der Waals surface area contributed by atoms with E-state index < -0.39 is 6.04 Å². The van der Waals surface area contributed by atoms with Gasteiger partial charge < -0.3 is 5.32 Å². The molecule has 0 aliphatic carbocycles. The van der Waals surface area contributed by atoms with Gasteiger partial charge in [0.15, 0.2) is 0 Å². The Balaban J connectivity index is 2.03. The largest absolute Gasteiger partial charge is 0.324 e. The second kappa shape index (κ2) is 7.13. The summed E-state index contributed by atoms with van der Waals surface area (Å²) in [6.45, 7) is 8.13. The van der Waals surface area contributed by atoms with Crippen molar-refractivity contribution in [3.63, 3.8) is 0 Å². The Kier molecular flexibility index (Phi) is 5.39. The first-order valence-corrected chi connectivity index (χ1v) is 8.16. The van der Waals surface area contributed by atoms with E-state index in [4.69, 9.17) is 0 Å². The Labute approximate surface area is 142 Å². The Morgan fingerprint density at radius 2 is 1.83 bits per heavy atom. The van der Waals surface area contributed by atoms with Crippen molar-refractivity contribution >= 4 is 23.4 Å². The molecular formula is C18H25N3O3. The van der Waals surface area contributed by atoms with Crippen molar-refractivity contribution in [3.8, 4) is 0 Å². The van der Waals surface area contributed by atoms with Crippen LogP contribution in [0, 0.1) is 20.8 Å². The highest BCUT2D eigenvalue weighted by Gasteiger charge is 2.40. The van der Waals surface area contributed by atoms with Crippen molar-refractivity contribution in [1.82, 2.24) is 9.80 Å². The molecule has 1 N–H and O–H groups in total. The van der Waals surface area contributed by atoms with Crippen LogP contribution >= 0.6 is 0 Å². The molecule has 1 fully saturated rings. The summed E-state index contributed by atoms with van der Waals surface area (Å²) in [5, 5.41) is 2.92. The molecule has 1 saturated heterocycles. The number of nitrogens with zero attached hydrogens (tertiary/aromatic N) is 2. The number of rotatable bonds is 5. The van der Waals surface area contributed by atoms with Gasteiger partial charge in [-0.15, -0.1) is 0 Å². The molecule has 1 heterocycles. The summed E-state index contributed by atoms with van der Waals surface area (Å²) in [7, 11) is 1.70. The van der Waals surface area contributed by atoms with Crippen LogP contribution in [0.5, 0.6) is 0 Å². The molecule has 2 rings (SSSR count). The first kappa shape index (κ1) is 18.1. The number of benzene rings is 1. The Hall–Kier alpha value is -2.21. The predicted octanol–water partition coefficient (Wildman–Crippen LogP) is 1.63. The third-order valence-electron chi connectivity index (χ3n) is 4.40. The van der Waals surface area contributed by atoms with Gasteiger partial charge in [0.25, 0.3) is 0 Å². The molecule has 0 aromatic heterocycles. The topological polar surface area (TPSA) is 69.7 Å². The lowest BCUT2D eigenvalue weighted by Crippen LogP contribution is -2.43. The predicted molar refractivity (Wildman–Crippen MR) is 92.7 cm³/mol. The molecule has 6 heteroatoms. The van der Waals surface area contributed by atoms with Gasteiger partial charge in [0.1, 0.15) is 0 Å². The maximum Gasteiger partial charge on any atom is 0.247 e. The number of anilines is 1. The van der Waals surface area contributed by atoms with Crippen LogP contribution in [0.4, 0.5) is 5.69 Å². The molecule has 0 radical (unpaired) electrons. The van der Waals surface area contributed by atoms with E-state index in [1.807, 2.05) is 32.9 Å². The number of imide groups is 1. The summed E-state index contributed by atoms with van der Waals surface area (Å²) in [5.41, 5.74) is 3.97. The van der Waals surface area contributed by atoms with E-state index in [9.17, 15) is 14.4 Å². The highest BCUT2D eigenvalue weighted by Crippen LogP contribution is 2.22. The summed E-state index contributed by atoms with van der Waals surface area (Å²) in [6.07, 6.45) is 0.138. The number of hydrogen-bond acceptors (Lipinski definition) is 4. The molecule has 1 aliphatic heterocycles. The van der Waals surface area contributed by atoms with Crippen LogP contribution < -0.4 is 5.32 Å². The summed E-state index contributed by atoms with van der Waals surface area (Å²) in [6, 6.07) is 3.48. The van der Waals surface area contributed by atoms with E-state index in [1.54, 1.807) is 18.9 Å². The molecule has 0 bridgehead atoms. The van der Waals surface area contributed by atoms with Crippen LogP contribution in [0.25, 0.3) is 0 Å². The summed E-state index contributed by atoms with van der Waals surface area (Å²) < 4.78 is 0. The average Bonchev–Trinajstić information content (AvgIpc) is 2.77. The molecular weight excluding hydrogens is 306 g/mol. The fourth-order valence-corrected chi connectivity index (χ4v) is 3.24. The Bertz CT molecular complexity index is 661. The molecule has 1 aromatic carbocycles. The number of aryl methyl sites for hydroxylation is 3. The summed E-state index contributed by atoms with van der Waals surface area (Å²) in [5.74, 6) is -0.590. The van der Waals surface area contributed by atoms with Gasteiger partial charge in [-0.1, -0.05) is 17.7 Å². The van der Waals surface area contributed by atoms with E-state index in [-0.39, 0.29) is 30.7 Å². The van der Waals surface area contributed by atoms with Crippen molar-refractivity contribution in [2.24, 2.45) is 0 Å². The molecule has 1 aromatic rings. The third-order valence-corrected chi connectivity index (χ3v) is 4.40. The molecule has 1 aliphatic rings. The number of likely N-dealkylation sites (N-methyl/N-ethyl adjacent to an activating group) is 2. The van der Waals surface area contributed by atoms with Gasteiger partial charge in [0.05, 0.1) is 19.0 Å². The lowest BCUT2D eigenvalue weighted by atomic mass is 10.1. The van der Waals surface area contributed by atoms with Crippen molar-refractivity contribution in [2.45, 2.75) is 40.2 Å². The second-order valence-electron chi connectivity index (χ2n) is 6.43. The molecule has 1 atom stereocenters. The number of nitrogens with one attached hydrogen (secondary N) is 1. The third kappa shape index (κ3) is 3.64. The highest BCUT2D eigenvalue weighted by atomic mass is 16.2. The van der Waals surface area contributed by atoms with Gasteiger partial charge in [0, 0.05) is 12.2 Å². The monoisotopic (exact) mass is 331 g/mol. The minimum Gasteiger partial charge on any atom is -0.324 e. The van der Waals surface area contributed by atoms with Gasteiger partial charge in [-0.3, -0.25) is 24.2 Å². The number of carbonyl (C=O) groups is 3. The highest BCUT2D eigenvalue weighted by molar-refractivity contribution is 6.05. The van der Waals surface area contributed by atoms with E-state index >= 15 is 0 Å². The van der Waals surface area contributed by atoms with Crippen molar-refractivity contribution in [2.75, 3.05) is 25.5 Å². The molecule has 6 nitrogen and oxygen atoms in total. The fraction of sp³-hybridized carbons (Fsp3) is 0.500. The van der Waals surface area contributed by atoms with Crippen LogP contribution in [0.1, 0.15) is 30.0 Å². The zero-order chi connectivity index (χ0) is 18.0. The molecule has 130 valence electrons. The standard InChI is InChI=1S/C18H25N3O3/c1-6-21-16(23)9-14(18(21)24)20(5)10-15(22)19-17-12(3)7-11(2)8-13(17)4/h7-8,14H,6,9-10H2,1-5H3,(H,19,22)/t14-/m0/s1. The van der Waals surface area contributed by atoms with Crippen LogP contribution in [-0.2, 0) is 14.4 Å². The zero-order valence-electron chi connectivity index (χ0n) is 15.0. The Morgan fingerprint density at radius 1 is 1.25 bits per heavy atom. The maximum atomic E-state index is 12.3. The molecule has 0 saturated carbocycles.